The van der Waals surface area contributed by atoms with Gasteiger partial charge >= 0.3 is 5.97 Å². The Morgan fingerprint density at radius 3 is 2.86 bits per heavy atom. The molecule has 0 aliphatic rings. The lowest BCUT2D eigenvalue weighted by Crippen LogP contribution is -2.04. The van der Waals surface area contributed by atoms with E-state index < -0.39 is 16.4 Å². The number of carbonyl (C=O) groups is 1. The standard InChI is InChI=1S/C13H15ClN2O5/c1-2-21-12(17)4-3-5-15-8-9-6-10(14)7-11(13(9)18)16(19)20/h6-8,18H,2-5H2,1H3/p-1. The van der Waals surface area contributed by atoms with E-state index in [1.165, 1.54) is 12.3 Å². The van der Waals surface area contributed by atoms with Gasteiger partial charge in [0.25, 0.3) is 5.69 Å². The lowest BCUT2D eigenvalue weighted by atomic mass is 10.2. The van der Waals surface area contributed by atoms with Crippen LogP contribution < -0.4 is 5.11 Å². The molecule has 0 fully saturated rings. The number of hydrogen-bond donors (Lipinski definition) is 0. The van der Waals surface area contributed by atoms with Gasteiger partial charge in [-0.1, -0.05) is 11.6 Å². The molecule has 0 aromatic heterocycles. The molecule has 0 heterocycles. The SMILES string of the molecule is CCOC(=O)CCCN=Cc1cc(Cl)cc([N+](=O)[O-])c1[O-]. The van der Waals surface area contributed by atoms with Crippen molar-refractivity contribution in [3.05, 3.63) is 32.8 Å². The van der Waals surface area contributed by atoms with Crippen LogP contribution in [0.1, 0.15) is 25.3 Å². The summed E-state index contributed by atoms with van der Waals surface area (Å²) in [5, 5.41) is 22.5. The number of esters is 1. The Morgan fingerprint density at radius 2 is 2.24 bits per heavy atom. The van der Waals surface area contributed by atoms with E-state index in [-0.39, 0.29) is 23.0 Å². The molecule has 0 unspecified atom stereocenters. The zero-order valence-corrected chi connectivity index (χ0v) is 12.1. The molecule has 0 atom stereocenters. The summed E-state index contributed by atoms with van der Waals surface area (Å²) in [5.74, 6) is -1.05. The number of hydrogen-bond acceptors (Lipinski definition) is 6. The third-order valence-electron chi connectivity index (χ3n) is 2.46. The molecule has 114 valence electrons. The van der Waals surface area contributed by atoms with Gasteiger partial charge in [0.15, 0.2) is 0 Å². The van der Waals surface area contributed by atoms with Gasteiger partial charge in [0.2, 0.25) is 0 Å². The molecule has 1 aromatic rings. The molecule has 7 nitrogen and oxygen atoms in total. The van der Waals surface area contributed by atoms with Crippen LogP contribution in [0.5, 0.6) is 5.75 Å². The molecule has 0 amide bonds. The van der Waals surface area contributed by atoms with Gasteiger partial charge in [-0.3, -0.25) is 19.9 Å². The summed E-state index contributed by atoms with van der Waals surface area (Å²) in [5.41, 5.74) is -0.541. The Bertz CT molecular complexity index is 560. The van der Waals surface area contributed by atoms with E-state index >= 15 is 0 Å². The molecule has 0 aliphatic heterocycles. The number of benzene rings is 1. The van der Waals surface area contributed by atoms with Crippen LogP contribution in [0.3, 0.4) is 0 Å². The zero-order chi connectivity index (χ0) is 15.8. The summed E-state index contributed by atoms with van der Waals surface area (Å²) >= 11 is 5.72. The fourth-order valence-electron chi connectivity index (χ4n) is 1.54. The Balaban J connectivity index is 2.64. The Kier molecular flexibility index (Phi) is 6.61. The highest BCUT2D eigenvalue weighted by Gasteiger charge is 2.11. The summed E-state index contributed by atoms with van der Waals surface area (Å²) in [6.45, 7) is 2.35. The fraction of sp³-hybridized carbons (Fsp3) is 0.385. The number of halogens is 1. The Labute approximate surface area is 126 Å². The predicted molar refractivity (Wildman–Crippen MR) is 75.9 cm³/mol. The molecule has 0 bridgehead atoms. The van der Waals surface area contributed by atoms with Gasteiger partial charge in [0.1, 0.15) is 0 Å². The maximum Gasteiger partial charge on any atom is 0.305 e. The lowest BCUT2D eigenvalue weighted by Gasteiger charge is -2.10. The van der Waals surface area contributed by atoms with Crippen LogP contribution in [0.2, 0.25) is 5.02 Å². The largest absolute Gasteiger partial charge is 0.867 e. The number of rotatable bonds is 7. The first kappa shape index (κ1) is 16.9. The first-order valence-corrected chi connectivity index (χ1v) is 6.64. The zero-order valence-electron chi connectivity index (χ0n) is 11.4. The molecule has 0 saturated carbocycles. The average molecular weight is 314 g/mol. The smallest absolute Gasteiger partial charge is 0.305 e. The van der Waals surface area contributed by atoms with E-state index in [0.717, 1.165) is 6.07 Å². The van der Waals surface area contributed by atoms with Crippen molar-refractivity contribution in [1.82, 2.24) is 0 Å². The number of nitro groups is 1. The van der Waals surface area contributed by atoms with Crippen molar-refractivity contribution < 1.29 is 19.6 Å². The molecule has 1 rings (SSSR count). The van der Waals surface area contributed by atoms with E-state index in [1.807, 2.05) is 0 Å². The molecule has 0 radical (unpaired) electrons. The van der Waals surface area contributed by atoms with Gasteiger partial charge in [0, 0.05) is 30.3 Å². The Hall–Kier alpha value is -2.15. The number of aliphatic imine (C=N–C) groups is 1. The van der Waals surface area contributed by atoms with Crippen molar-refractivity contribution in [2.75, 3.05) is 13.2 Å². The maximum atomic E-state index is 11.8. The van der Waals surface area contributed by atoms with E-state index in [0.29, 0.717) is 19.6 Å². The molecule has 0 N–H and O–H groups in total. The second kappa shape index (κ2) is 8.21. The summed E-state index contributed by atoms with van der Waals surface area (Å²) in [6, 6.07) is 2.31. The minimum atomic E-state index is -0.785. The first-order chi connectivity index (χ1) is 9.95. The van der Waals surface area contributed by atoms with Crippen molar-refractivity contribution >= 4 is 29.5 Å². The first-order valence-electron chi connectivity index (χ1n) is 6.26. The molecule has 21 heavy (non-hydrogen) atoms. The molecule has 0 saturated heterocycles. The van der Waals surface area contributed by atoms with Crippen molar-refractivity contribution in [1.29, 1.82) is 0 Å². The topological polar surface area (TPSA) is 105 Å². The summed E-state index contributed by atoms with van der Waals surface area (Å²) in [6.07, 6.45) is 1.92. The van der Waals surface area contributed by atoms with Crippen LogP contribution in [0.25, 0.3) is 0 Å². The third kappa shape index (κ3) is 5.39. The van der Waals surface area contributed by atoms with Crippen molar-refractivity contribution in [2.45, 2.75) is 19.8 Å². The van der Waals surface area contributed by atoms with Crippen LogP contribution >= 0.6 is 11.6 Å². The Morgan fingerprint density at radius 1 is 1.52 bits per heavy atom. The minimum Gasteiger partial charge on any atom is -0.867 e. The van der Waals surface area contributed by atoms with E-state index in [1.54, 1.807) is 6.92 Å². The van der Waals surface area contributed by atoms with Crippen molar-refractivity contribution in [3.63, 3.8) is 0 Å². The van der Waals surface area contributed by atoms with Crippen LogP contribution in [0.15, 0.2) is 17.1 Å². The molecular weight excluding hydrogens is 300 g/mol. The van der Waals surface area contributed by atoms with Gasteiger partial charge in [-0.2, -0.15) is 0 Å². The van der Waals surface area contributed by atoms with E-state index in [4.69, 9.17) is 16.3 Å². The molecule has 0 aliphatic carbocycles. The van der Waals surface area contributed by atoms with Crippen LogP contribution in [0.4, 0.5) is 5.69 Å². The van der Waals surface area contributed by atoms with Crippen LogP contribution in [-0.2, 0) is 9.53 Å². The maximum absolute atomic E-state index is 11.8. The van der Waals surface area contributed by atoms with Gasteiger partial charge in [-0.15, -0.1) is 0 Å². The number of ether oxygens (including phenoxy) is 1. The quantitative estimate of drug-likeness (QED) is 0.252. The van der Waals surface area contributed by atoms with E-state index in [2.05, 4.69) is 4.99 Å². The highest BCUT2D eigenvalue weighted by atomic mass is 35.5. The van der Waals surface area contributed by atoms with Gasteiger partial charge in [-0.25, -0.2) is 0 Å². The second-order valence-electron chi connectivity index (χ2n) is 4.04. The summed E-state index contributed by atoms with van der Waals surface area (Å²) in [7, 11) is 0. The van der Waals surface area contributed by atoms with Gasteiger partial charge < -0.3 is 9.84 Å². The van der Waals surface area contributed by atoms with Crippen LogP contribution in [-0.4, -0.2) is 30.3 Å². The third-order valence-corrected chi connectivity index (χ3v) is 2.68. The highest BCUT2D eigenvalue weighted by molar-refractivity contribution is 6.31. The number of nitrogens with zero attached hydrogens (tertiary/aromatic N) is 2. The van der Waals surface area contributed by atoms with Gasteiger partial charge in [-0.05, 0) is 30.7 Å². The molecular formula is C13H14ClN2O5-. The average Bonchev–Trinajstić information content (AvgIpc) is 2.41. The van der Waals surface area contributed by atoms with Crippen molar-refractivity contribution in [2.24, 2.45) is 4.99 Å². The monoisotopic (exact) mass is 313 g/mol. The van der Waals surface area contributed by atoms with Crippen LogP contribution in [0, 0.1) is 10.1 Å². The van der Waals surface area contributed by atoms with Crippen molar-refractivity contribution in [3.8, 4) is 5.75 Å². The number of carbonyl (C=O) groups excluding carboxylic acids is 1. The normalized spacial score (nSPS) is 10.8. The molecule has 0 spiro atoms. The minimum absolute atomic E-state index is 0.0466. The molecule has 8 heteroatoms. The predicted octanol–water partition coefficient (Wildman–Crippen LogP) is 2.08. The summed E-state index contributed by atoms with van der Waals surface area (Å²) < 4.78 is 4.75. The number of nitro benzene ring substituents is 1. The van der Waals surface area contributed by atoms with E-state index in [9.17, 15) is 20.0 Å². The summed E-state index contributed by atoms with van der Waals surface area (Å²) in [4.78, 5) is 24.9. The highest BCUT2D eigenvalue weighted by Crippen LogP contribution is 2.29. The molecule has 1 aromatic carbocycles. The lowest BCUT2D eigenvalue weighted by molar-refractivity contribution is -0.398. The van der Waals surface area contributed by atoms with Gasteiger partial charge in [0.05, 0.1) is 11.5 Å². The second-order valence-corrected chi connectivity index (χ2v) is 4.48. The fourth-order valence-corrected chi connectivity index (χ4v) is 1.76.